The number of rotatable bonds is 6. The lowest BCUT2D eigenvalue weighted by atomic mass is 10.0. The minimum absolute atomic E-state index is 0.124. The summed E-state index contributed by atoms with van der Waals surface area (Å²) in [6, 6.07) is 8.65. The van der Waals surface area contributed by atoms with Gasteiger partial charge in [0.05, 0.1) is 7.11 Å². The summed E-state index contributed by atoms with van der Waals surface area (Å²) in [7, 11) is 1.43. The van der Waals surface area contributed by atoms with Crippen LogP contribution in [0.15, 0.2) is 29.2 Å². The standard InChI is InChI=1S/C14H20O2S/c1-11(2)12-6-8-13(9-7-12)17-10-4-5-14(15)16-3/h6-9,11H,4-5,10H2,1-3H3. The van der Waals surface area contributed by atoms with Crippen molar-refractivity contribution < 1.29 is 9.53 Å². The van der Waals surface area contributed by atoms with Gasteiger partial charge in [-0.1, -0.05) is 26.0 Å². The average molecular weight is 252 g/mol. The van der Waals surface area contributed by atoms with Crippen LogP contribution in [0.4, 0.5) is 0 Å². The van der Waals surface area contributed by atoms with E-state index in [4.69, 9.17) is 0 Å². The van der Waals surface area contributed by atoms with Gasteiger partial charge in [-0.3, -0.25) is 4.79 Å². The Morgan fingerprint density at radius 1 is 1.29 bits per heavy atom. The normalized spacial score (nSPS) is 10.6. The zero-order valence-corrected chi connectivity index (χ0v) is 11.5. The van der Waals surface area contributed by atoms with Gasteiger partial charge in [-0.25, -0.2) is 0 Å². The summed E-state index contributed by atoms with van der Waals surface area (Å²) in [6.07, 6.45) is 1.37. The van der Waals surface area contributed by atoms with Crippen LogP contribution in [-0.4, -0.2) is 18.8 Å². The fourth-order valence-corrected chi connectivity index (χ4v) is 2.31. The van der Waals surface area contributed by atoms with Crippen molar-refractivity contribution >= 4 is 17.7 Å². The largest absolute Gasteiger partial charge is 0.469 e. The van der Waals surface area contributed by atoms with E-state index >= 15 is 0 Å². The Labute approximate surface area is 108 Å². The first-order chi connectivity index (χ1) is 8.13. The molecule has 0 aromatic heterocycles. The van der Waals surface area contributed by atoms with Crippen LogP contribution in [0.1, 0.15) is 38.2 Å². The first kappa shape index (κ1) is 14.1. The van der Waals surface area contributed by atoms with Crippen LogP contribution in [0.25, 0.3) is 0 Å². The van der Waals surface area contributed by atoms with Crippen molar-refractivity contribution in [3.05, 3.63) is 29.8 Å². The van der Waals surface area contributed by atoms with Crippen LogP contribution in [0.2, 0.25) is 0 Å². The van der Waals surface area contributed by atoms with E-state index in [0.717, 1.165) is 12.2 Å². The molecule has 0 N–H and O–H groups in total. The Balaban J connectivity index is 2.30. The molecule has 0 unspecified atom stereocenters. The average Bonchev–Trinajstić information content (AvgIpc) is 2.34. The van der Waals surface area contributed by atoms with Crippen LogP contribution in [0.3, 0.4) is 0 Å². The number of esters is 1. The molecule has 0 heterocycles. The van der Waals surface area contributed by atoms with Gasteiger partial charge in [0.15, 0.2) is 0 Å². The van der Waals surface area contributed by atoms with Crippen LogP contribution in [-0.2, 0) is 9.53 Å². The quantitative estimate of drug-likeness (QED) is 0.437. The van der Waals surface area contributed by atoms with Gasteiger partial charge in [0.25, 0.3) is 0 Å². The Kier molecular flexibility index (Phi) is 6.12. The van der Waals surface area contributed by atoms with E-state index in [1.807, 2.05) is 0 Å². The summed E-state index contributed by atoms with van der Waals surface area (Å²) < 4.78 is 4.60. The molecule has 0 saturated carbocycles. The molecule has 3 heteroatoms. The zero-order chi connectivity index (χ0) is 12.7. The highest BCUT2D eigenvalue weighted by Gasteiger charge is 2.01. The first-order valence-electron chi connectivity index (χ1n) is 5.93. The number of thioether (sulfide) groups is 1. The number of benzene rings is 1. The van der Waals surface area contributed by atoms with Gasteiger partial charge in [-0.15, -0.1) is 11.8 Å². The van der Waals surface area contributed by atoms with E-state index in [0.29, 0.717) is 12.3 Å². The highest BCUT2D eigenvalue weighted by molar-refractivity contribution is 7.99. The number of hydrogen-bond acceptors (Lipinski definition) is 3. The molecular formula is C14H20O2S. The maximum atomic E-state index is 10.9. The summed E-state index contributed by atoms with van der Waals surface area (Å²) in [5.74, 6) is 1.41. The van der Waals surface area contributed by atoms with Gasteiger partial charge in [0.2, 0.25) is 0 Å². The summed E-state index contributed by atoms with van der Waals surface area (Å²) >= 11 is 1.79. The topological polar surface area (TPSA) is 26.3 Å². The summed E-state index contributed by atoms with van der Waals surface area (Å²) in [4.78, 5) is 12.2. The molecule has 0 amide bonds. The van der Waals surface area contributed by atoms with Gasteiger partial charge in [0.1, 0.15) is 0 Å². The Morgan fingerprint density at radius 3 is 2.47 bits per heavy atom. The highest BCUT2D eigenvalue weighted by Crippen LogP contribution is 2.22. The highest BCUT2D eigenvalue weighted by atomic mass is 32.2. The van der Waals surface area contributed by atoms with E-state index in [1.54, 1.807) is 11.8 Å². The van der Waals surface area contributed by atoms with Crippen molar-refractivity contribution in [3.8, 4) is 0 Å². The van der Waals surface area contributed by atoms with E-state index in [2.05, 4.69) is 42.8 Å². The van der Waals surface area contributed by atoms with Crippen molar-refractivity contribution in [1.29, 1.82) is 0 Å². The van der Waals surface area contributed by atoms with Crippen molar-refractivity contribution in [2.75, 3.05) is 12.9 Å². The van der Waals surface area contributed by atoms with Gasteiger partial charge in [-0.2, -0.15) is 0 Å². The molecule has 94 valence electrons. The van der Waals surface area contributed by atoms with Gasteiger partial charge in [-0.05, 0) is 35.8 Å². The van der Waals surface area contributed by atoms with Crippen LogP contribution < -0.4 is 0 Å². The summed E-state index contributed by atoms with van der Waals surface area (Å²) in [6.45, 7) is 4.39. The van der Waals surface area contributed by atoms with E-state index in [1.165, 1.54) is 17.6 Å². The second-order valence-corrected chi connectivity index (χ2v) is 5.42. The second kappa shape index (κ2) is 7.38. The maximum absolute atomic E-state index is 10.9. The number of carbonyl (C=O) groups excluding carboxylic acids is 1. The minimum Gasteiger partial charge on any atom is -0.469 e. The van der Waals surface area contributed by atoms with E-state index in [-0.39, 0.29) is 5.97 Å². The lowest BCUT2D eigenvalue weighted by Gasteiger charge is -2.06. The molecule has 2 nitrogen and oxygen atoms in total. The third-order valence-electron chi connectivity index (χ3n) is 2.57. The third-order valence-corrected chi connectivity index (χ3v) is 3.67. The van der Waals surface area contributed by atoms with Gasteiger partial charge >= 0.3 is 5.97 Å². The molecule has 17 heavy (non-hydrogen) atoms. The van der Waals surface area contributed by atoms with Crippen LogP contribution in [0, 0.1) is 0 Å². The zero-order valence-electron chi connectivity index (χ0n) is 10.7. The molecule has 0 aliphatic rings. The molecule has 1 aromatic carbocycles. The molecule has 0 aliphatic heterocycles. The summed E-state index contributed by atoms with van der Waals surface area (Å²) in [5, 5.41) is 0. The first-order valence-corrected chi connectivity index (χ1v) is 6.91. The Morgan fingerprint density at radius 2 is 1.94 bits per heavy atom. The van der Waals surface area contributed by atoms with Crippen molar-refractivity contribution in [3.63, 3.8) is 0 Å². The predicted molar refractivity (Wildman–Crippen MR) is 72.5 cm³/mol. The van der Waals surface area contributed by atoms with Crippen molar-refractivity contribution in [1.82, 2.24) is 0 Å². The Bertz CT molecular complexity index is 344. The fraction of sp³-hybridized carbons (Fsp3) is 0.500. The lowest BCUT2D eigenvalue weighted by Crippen LogP contribution is -1.99. The molecule has 0 radical (unpaired) electrons. The molecule has 0 spiro atoms. The third kappa shape index (κ3) is 5.26. The molecule has 1 aromatic rings. The van der Waals surface area contributed by atoms with Crippen molar-refractivity contribution in [2.45, 2.75) is 37.5 Å². The monoisotopic (exact) mass is 252 g/mol. The molecule has 0 fully saturated rings. The second-order valence-electron chi connectivity index (χ2n) is 4.25. The summed E-state index contributed by atoms with van der Waals surface area (Å²) in [5.41, 5.74) is 1.36. The fourth-order valence-electron chi connectivity index (χ4n) is 1.46. The number of ether oxygens (including phenoxy) is 1. The smallest absolute Gasteiger partial charge is 0.305 e. The SMILES string of the molecule is COC(=O)CCCSc1ccc(C(C)C)cc1. The lowest BCUT2D eigenvalue weighted by molar-refractivity contribution is -0.140. The number of carbonyl (C=O) groups is 1. The van der Waals surface area contributed by atoms with Crippen LogP contribution in [0.5, 0.6) is 0 Å². The molecule has 0 atom stereocenters. The molecule has 1 rings (SSSR count). The Hall–Kier alpha value is -0.960. The van der Waals surface area contributed by atoms with Gasteiger partial charge in [0, 0.05) is 11.3 Å². The molecule has 0 saturated heterocycles. The minimum atomic E-state index is -0.124. The molecular weight excluding hydrogens is 232 g/mol. The van der Waals surface area contributed by atoms with Gasteiger partial charge < -0.3 is 4.74 Å². The predicted octanol–water partition coefficient (Wildman–Crippen LogP) is 3.86. The maximum Gasteiger partial charge on any atom is 0.305 e. The molecule has 0 bridgehead atoms. The number of methoxy groups -OCH3 is 1. The van der Waals surface area contributed by atoms with E-state index < -0.39 is 0 Å². The van der Waals surface area contributed by atoms with Crippen molar-refractivity contribution in [2.24, 2.45) is 0 Å². The van der Waals surface area contributed by atoms with E-state index in [9.17, 15) is 4.79 Å². The van der Waals surface area contributed by atoms with Crippen LogP contribution >= 0.6 is 11.8 Å². The molecule has 0 aliphatic carbocycles. The number of hydrogen-bond donors (Lipinski definition) is 0.